The van der Waals surface area contributed by atoms with Gasteiger partial charge in [0.05, 0.1) is 18.2 Å². The average molecular weight is 444 g/mol. The van der Waals surface area contributed by atoms with E-state index in [0.717, 1.165) is 29.7 Å². The molecule has 2 aliphatic rings. The third kappa shape index (κ3) is 3.84. The molecule has 0 spiro atoms. The number of imidazole rings is 1. The molecule has 0 radical (unpaired) electrons. The van der Waals surface area contributed by atoms with Crippen LogP contribution in [0.15, 0.2) is 30.2 Å². The lowest BCUT2D eigenvalue weighted by molar-refractivity contribution is 0.0850. The van der Waals surface area contributed by atoms with Crippen LogP contribution in [0.1, 0.15) is 29.8 Å². The summed E-state index contributed by atoms with van der Waals surface area (Å²) in [5.41, 5.74) is 0.334. The van der Waals surface area contributed by atoms with Crippen molar-refractivity contribution in [2.24, 2.45) is 0 Å². The first-order chi connectivity index (χ1) is 15.1. The Hall–Kier alpha value is -2.76. The monoisotopic (exact) mass is 443 g/mol. The van der Waals surface area contributed by atoms with Gasteiger partial charge in [0, 0.05) is 56.3 Å². The SMILES string of the molecule is O=C(N[C@]1(CO)CCN(c2nccn3ccnc23)C1)c1csc(N2CCC(O)CC2)n1. The average Bonchev–Trinajstić information content (AvgIpc) is 3.53. The molecule has 0 unspecified atom stereocenters. The number of carbonyl (C=O) groups is 1. The Morgan fingerprint density at radius 2 is 1.97 bits per heavy atom. The molecule has 31 heavy (non-hydrogen) atoms. The molecule has 1 amide bonds. The molecule has 2 saturated heterocycles. The van der Waals surface area contributed by atoms with Crippen LogP contribution in [0.25, 0.3) is 5.65 Å². The maximum atomic E-state index is 12.9. The Bertz CT molecular complexity index is 1080. The number of hydrogen-bond acceptors (Lipinski definition) is 9. The van der Waals surface area contributed by atoms with Crippen LogP contribution in [-0.4, -0.2) is 79.9 Å². The fraction of sp³-hybridized carbons (Fsp3) is 0.500. The van der Waals surface area contributed by atoms with Crippen molar-refractivity contribution in [2.75, 3.05) is 42.6 Å². The summed E-state index contributed by atoms with van der Waals surface area (Å²) in [5.74, 6) is 0.447. The van der Waals surface area contributed by atoms with Gasteiger partial charge >= 0.3 is 0 Å². The normalized spacial score (nSPS) is 22.4. The predicted molar refractivity (Wildman–Crippen MR) is 117 cm³/mol. The first-order valence-corrected chi connectivity index (χ1v) is 11.3. The predicted octanol–water partition coefficient (Wildman–Crippen LogP) is 0.518. The number of amides is 1. The number of carbonyl (C=O) groups excluding carboxylic acids is 1. The minimum Gasteiger partial charge on any atom is -0.394 e. The molecule has 1 atom stereocenters. The number of nitrogens with one attached hydrogen (secondary N) is 1. The minimum absolute atomic E-state index is 0.173. The number of aliphatic hydroxyl groups is 2. The molecule has 2 fully saturated rings. The largest absolute Gasteiger partial charge is 0.394 e. The fourth-order valence-electron chi connectivity index (χ4n) is 4.26. The number of thiazole rings is 1. The maximum Gasteiger partial charge on any atom is 0.271 e. The molecule has 0 aliphatic carbocycles. The van der Waals surface area contributed by atoms with Gasteiger partial charge in [-0.25, -0.2) is 15.0 Å². The van der Waals surface area contributed by atoms with Crippen LogP contribution >= 0.6 is 11.3 Å². The Labute approximate surface area is 183 Å². The third-order valence-electron chi connectivity index (χ3n) is 6.09. The van der Waals surface area contributed by atoms with Crippen molar-refractivity contribution in [3.8, 4) is 0 Å². The van der Waals surface area contributed by atoms with Gasteiger partial charge in [0.1, 0.15) is 5.69 Å². The van der Waals surface area contributed by atoms with E-state index in [9.17, 15) is 15.0 Å². The summed E-state index contributed by atoms with van der Waals surface area (Å²) < 4.78 is 1.90. The van der Waals surface area contributed by atoms with Crippen molar-refractivity contribution in [3.05, 3.63) is 35.9 Å². The van der Waals surface area contributed by atoms with Gasteiger partial charge in [-0.15, -0.1) is 11.3 Å². The van der Waals surface area contributed by atoms with Gasteiger partial charge in [-0.3, -0.25) is 4.79 Å². The van der Waals surface area contributed by atoms with E-state index in [1.807, 2.05) is 21.7 Å². The van der Waals surface area contributed by atoms with E-state index in [4.69, 9.17) is 0 Å². The van der Waals surface area contributed by atoms with Crippen molar-refractivity contribution in [2.45, 2.75) is 30.9 Å². The highest BCUT2D eigenvalue weighted by molar-refractivity contribution is 7.13. The Kier molecular flexibility index (Phi) is 5.24. The van der Waals surface area contributed by atoms with Gasteiger partial charge in [-0.2, -0.15) is 0 Å². The zero-order valence-corrected chi connectivity index (χ0v) is 17.8. The van der Waals surface area contributed by atoms with Crippen LogP contribution in [0, 0.1) is 0 Å². The van der Waals surface area contributed by atoms with Gasteiger partial charge in [-0.1, -0.05) is 0 Å². The smallest absolute Gasteiger partial charge is 0.271 e. The number of hydrogen-bond donors (Lipinski definition) is 3. The Morgan fingerprint density at radius 3 is 2.74 bits per heavy atom. The van der Waals surface area contributed by atoms with Crippen molar-refractivity contribution < 1.29 is 15.0 Å². The van der Waals surface area contributed by atoms with Crippen molar-refractivity contribution in [3.63, 3.8) is 0 Å². The fourth-order valence-corrected chi connectivity index (χ4v) is 5.12. The molecule has 5 rings (SSSR count). The van der Waals surface area contributed by atoms with Gasteiger partial charge < -0.3 is 29.7 Å². The number of rotatable bonds is 5. The quantitative estimate of drug-likeness (QED) is 0.522. The molecule has 3 aromatic rings. The second kappa shape index (κ2) is 8.06. The summed E-state index contributed by atoms with van der Waals surface area (Å²) in [4.78, 5) is 30.4. The van der Waals surface area contributed by atoms with Crippen LogP contribution < -0.4 is 15.1 Å². The van der Waals surface area contributed by atoms with Crippen LogP contribution in [0.4, 0.5) is 10.9 Å². The summed E-state index contributed by atoms with van der Waals surface area (Å²) in [7, 11) is 0. The molecule has 3 N–H and O–H groups in total. The van der Waals surface area contributed by atoms with Crippen molar-refractivity contribution in [1.82, 2.24) is 24.7 Å². The van der Waals surface area contributed by atoms with E-state index < -0.39 is 5.54 Å². The van der Waals surface area contributed by atoms with E-state index in [1.54, 1.807) is 17.8 Å². The summed E-state index contributed by atoms with van der Waals surface area (Å²) in [6.07, 6.45) is 8.91. The molecule has 0 bridgehead atoms. The zero-order valence-electron chi connectivity index (χ0n) is 17.0. The molecule has 0 saturated carbocycles. The number of nitrogens with zero attached hydrogens (tertiary/aromatic N) is 6. The number of aliphatic hydroxyl groups excluding tert-OH is 2. The molecule has 11 heteroatoms. The molecule has 164 valence electrons. The van der Waals surface area contributed by atoms with Gasteiger partial charge in [0.25, 0.3) is 5.91 Å². The molecule has 5 heterocycles. The zero-order chi connectivity index (χ0) is 21.4. The van der Waals surface area contributed by atoms with Gasteiger partial charge in [-0.05, 0) is 19.3 Å². The molecular weight excluding hydrogens is 418 g/mol. The Balaban J connectivity index is 1.29. The molecular formula is C20H25N7O3S. The number of anilines is 2. The minimum atomic E-state index is -0.767. The number of piperidine rings is 1. The van der Waals surface area contributed by atoms with Gasteiger partial charge in [0.15, 0.2) is 16.6 Å². The Morgan fingerprint density at radius 1 is 1.19 bits per heavy atom. The summed E-state index contributed by atoms with van der Waals surface area (Å²) in [6.45, 7) is 2.39. The maximum absolute atomic E-state index is 12.9. The van der Waals surface area contributed by atoms with E-state index in [-0.39, 0.29) is 18.6 Å². The highest BCUT2D eigenvalue weighted by Crippen LogP contribution is 2.29. The summed E-state index contributed by atoms with van der Waals surface area (Å²) in [6, 6.07) is 0. The standard InChI is InChI=1S/C20H25N7O3S/c28-13-20(3-8-27(12-20)17-16-21-4-9-25(16)10-5-22-17)24-18(30)15-11-31-19(23-15)26-6-1-14(29)2-7-26/h4-5,9-11,14,28-29H,1-3,6-8,12-13H2,(H,24,30)/t20-/m1/s1. The first-order valence-electron chi connectivity index (χ1n) is 10.4. The van der Waals surface area contributed by atoms with Crippen LogP contribution in [0.2, 0.25) is 0 Å². The van der Waals surface area contributed by atoms with Crippen molar-refractivity contribution >= 4 is 33.8 Å². The van der Waals surface area contributed by atoms with Crippen LogP contribution in [-0.2, 0) is 0 Å². The second-order valence-electron chi connectivity index (χ2n) is 8.21. The van der Waals surface area contributed by atoms with Crippen LogP contribution in [0.5, 0.6) is 0 Å². The molecule has 0 aromatic carbocycles. The summed E-state index contributed by atoms with van der Waals surface area (Å²) >= 11 is 1.43. The topological polar surface area (TPSA) is 119 Å². The summed E-state index contributed by atoms with van der Waals surface area (Å²) in [5, 5.41) is 25.4. The molecule has 3 aromatic heterocycles. The van der Waals surface area contributed by atoms with E-state index >= 15 is 0 Å². The number of fused-ring (bicyclic) bond motifs is 1. The lowest BCUT2D eigenvalue weighted by atomic mass is 10.00. The lowest BCUT2D eigenvalue weighted by Crippen LogP contribution is -2.53. The molecule has 2 aliphatic heterocycles. The third-order valence-corrected chi connectivity index (χ3v) is 6.99. The highest BCUT2D eigenvalue weighted by Gasteiger charge is 2.40. The van der Waals surface area contributed by atoms with Gasteiger partial charge in [0.2, 0.25) is 0 Å². The van der Waals surface area contributed by atoms with Crippen LogP contribution in [0.3, 0.4) is 0 Å². The second-order valence-corrected chi connectivity index (χ2v) is 9.04. The van der Waals surface area contributed by atoms with Crippen molar-refractivity contribution in [1.29, 1.82) is 0 Å². The molecule has 10 nitrogen and oxygen atoms in total. The number of aromatic nitrogens is 4. The van der Waals surface area contributed by atoms with E-state index in [1.165, 1.54) is 11.3 Å². The first kappa shape index (κ1) is 20.2. The lowest BCUT2D eigenvalue weighted by Gasteiger charge is -2.29. The van der Waals surface area contributed by atoms with E-state index in [2.05, 4.69) is 25.2 Å². The highest BCUT2D eigenvalue weighted by atomic mass is 32.1. The van der Waals surface area contributed by atoms with E-state index in [0.29, 0.717) is 38.0 Å².